The fourth-order valence-electron chi connectivity index (χ4n) is 3.03. The largest absolute Gasteiger partial charge is 0.505 e. The Balaban J connectivity index is 1.68. The molecule has 3 N–H and O–H groups in total. The average molecular weight is 325 g/mol. The second-order valence-corrected chi connectivity index (χ2v) is 6.35. The zero-order valence-electron chi connectivity index (χ0n) is 10.6. The number of benzene rings is 1. The second-order valence-electron chi connectivity index (χ2n) is 5.49. The molecule has 1 aromatic carbocycles. The highest BCUT2D eigenvalue weighted by Crippen LogP contribution is 2.58. The van der Waals surface area contributed by atoms with Crippen LogP contribution in [0.5, 0.6) is 5.75 Å². The van der Waals surface area contributed by atoms with Gasteiger partial charge in [0.2, 0.25) is 5.91 Å². The number of phenolic OH excluding ortho intramolecular Hbond substituents is 1. The summed E-state index contributed by atoms with van der Waals surface area (Å²) < 4.78 is 0.595. The number of hydrogen-bond donors (Lipinski definition) is 3. The van der Waals surface area contributed by atoms with E-state index in [1.165, 1.54) is 0 Å². The smallest absolute Gasteiger partial charge is 0.228 e. The minimum absolute atomic E-state index is 0.0373. The summed E-state index contributed by atoms with van der Waals surface area (Å²) >= 11 is 3.25. The average Bonchev–Trinajstić information content (AvgIpc) is 3.09. The van der Waals surface area contributed by atoms with E-state index in [1.807, 2.05) is 0 Å². The number of halogens is 1. The standard InChI is InChI=1S/C14H17BrN2O2/c15-10-2-1-3-11(12(10)18)17-13(19)9-8-14(9)4-6-16-7-5-14/h1-3,9,16,18H,4-8H2,(H,17,19). The van der Waals surface area contributed by atoms with Crippen molar-refractivity contribution >= 4 is 27.5 Å². The predicted octanol–water partition coefficient (Wildman–Crippen LogP) is 2.48. The predicted molar refractivity (Wildman–Crippen MR) is 77.1 cm³/mol. The number of nitrogens with one attached hydrogen (secondary N) is 2. The summed E-state index contributed by atoms with van der Waals surface area (Å²) in [6.45, 7) is 2.01. The Labute approximate surface area is 120 Å². The van der Waals surface area contributed by atoms with Crippen molar-refractivity contribution in [2.24, 2.45) is 11.3 Å². The molecule has 0 radical (unpaired) electrons. The Hall–Kier alpha value is -1.07. The van der Waals surface area contributed by atoms with Crippen LogP contribution in [0.4, 0.5) is 5.69 Å². The minimum Gasteiger partial charge on any atom is -0.505 e. The number of aromatic hydroxyl groups is 1. The normalized spacial score (nSPS) is 24.2. The third-order valence-electron chi connectivity index (χ3n) is 4.35. The molecule has 1 aliphatic heterocycles. The maximum absolute atomic E-state index is 12.3. The Morgan fingerprint density at radius 2 is 2.16 bits per heavy atom. The number of para-hydroxylation sites is 1. The molecule has 1 saturated carbocycles. The molecule has 0 bridgehead atoms. The van der Waals surface area contributed by atoms with E-state index in [0.29, 0.717) is 10.2 Å². The lowest BCUT2D eigenvalue weighted by molar-refractivity contribution is -0.118. The summed E-state index contributed by atoms with van der Waals surface area (Å²) in [7, 11) is 0. The first kappa shape index (κ1) is 12.9. The van der Waals surface area contributed by atoms with Crippen molar-refractivity contribution in [3.63, 3.8) is 0 Å². The van der Waals surface area contributed by atoms with E-state index in [0.717, 1.165) is 32.4 Å². The highest BCUT2D eigenvalue weighted by Gasteiger charge is 2.57. The van der Waals surface area contributed by atoms with Gasteiger partial charge >= 0.3 is 0 Å². The first-order valence-electron chi connectivity index (χ1n) is 6.61. The number of anilines is 1. The van der Waals surface area contributed by atoms with Crippen molar-refractivity contribution in [3.05, 3.63) is 22.7 Å². The monoisotopic (exact) mass is 324 g/mol. The number of amides is 1. The van der Waals surface area contributed by atoms with Gasteiger partial charge in [-0.15, -0.1) is 0 Å². The molecule has 1 atom stereocenters. The zero-order chi connectivity index (χ0) is 13.5. The molecule has 1 unspecified atom stereocenters. The highest BCUT2D eigenvalue weighted by atomic mass is 79.9. The molecule has 19 heavy (non-hydrogen) atoms. The molecular formula is C14H17BrN2O2. The lowest BCUT2D eigenvalue weighted by Gasteiger charge is -2.23. The van der Waals surface area contributed by atoms with Gasteiger partial charge < -0.3 is 15.7 Å². The molecule has 1 aromatic rings. The van der Waals surface area contributed by atoms with E-state index in [-0.39, 0.29) is 23.0 Å². The fourth-order valence-corrected chi connectivity index (χ4v) is 3.40. The van der Waals surface area contributed by atoms with E-state index >= 15 is 0 Å². The summed E-state index contributed by atoms with van der Waals surface area (Å²) in [6.07, 6.45) is 3.14. The van der Waals surface area contributed by atoms with Gasteiger partial charge in [0.15, 0.2) is 5.75 Å². The third kappa shape index (κ3) is 2.37. The molecule has 1 spiro atoms. The Kier molecular flexibility index (Phi) is 3.27. The molecule has 2 fully saturated rings. The third-order valence-corrected chi connectivity index (χ3v) is 4.99. The van der Waals surface area contributed by atoms with Gasteiger partial charge in [-0.1, -0.05) is 6.07 Å². The molecule has 1 saturated heterocycles. The van der Waals surface area contributed by atoms with Crippen LogP contribution < -0.4 is 10.6 Å². The molecule has 1 amide bonds. The Morgan fingerprint density at radius 3 is 2.89 bits per heavy atom. The van der Waals surface area contributed by atoms with Crippen molar-refractivity contribution in [2.75, 3.05) is 18.4 Å². The van der Waals surface area contributed by atoms with Gasteiger partial charge in [0.05, 0.1) is 10.2 Å². The fraction of sp³-hybridized carbons (Fsp3) is 0.500. The first-order chi connectivity index (χ1) is 9.12. The van der Waals surface area contributed by atoms with Crippen molar-refractivity contribution in [1.82, 2.24) is 5.32 Å². The molecule has 5 heteroatoms. The molecule has 2 aliphatic rings. The van der Waals surface area contributed by atoms with Crippen LogP contribution in [0, 0.1) is 11.3 Å². The van der Waals surface area contributed by atoms with Gasteiger partial charge in [-0.05, 0) is 65.8 Å². The van der Waals surface area contributed by atoms with Gasteiger partial charge in [0, 0.05) is 5.92 Å². The van der Waals surface area contributed by atoms with Crippen LogP contribution in [0.3, 0.4) is 0 Å². The van der Waals surface area contributed by atoms with Crippen LogP contribution in [0.25, 0.3) is 0 Å². The summed E-state index contributed by atoms with van der Waals surface area (Å²) in [6, 6.07) is 5.26. The van der Waals surface area contributed by atoms with Crippen LogP contribution in [0.15, 0.2) is 22.7 Å². The molecule has 102 valence electrons. The molecule has 4 nitrogen and oxygen atoms in total. The molecule has 1 heterocycles. The minimum atomic E-state index is 0.0373. The number of carbonyl (C=O) groups is 1. The van der Waals surface area contributed by atoms with Gasteiger partial charge in [0.1, 0.15) is 0 Å². The Bertz CT molecular complexity index is 512. The van der Waals surface area contributed by atoms with E-state index in [2.05, 4.69) is 26.6 Å². The van der Waals surface area contributed by atoms with Crippen LogP contribution in [-0.4, -0.2) is 24.1 Å². The van der Waals surface area contributed by atoms with Gasteiger partial charge in [-0.3, -0.25) is 4.79 Å². The van der Waals surface area contributed by atoms with E-state index < -0.39 is 0 Å². The maximum Gasteiger partial charge on any atom is 0.228 e. The summed E-state index contributed by atoms with van der Waals surface area (Å²) in [5.41, 5.74) is 0.701. The number of hydrogen-bond acceptors (Lipinski definition) is 3. The summed E-state index contributed by atoms with van der Waals surface area (Å²) in [5, 5.41) is 16.1. The van der Waals surface area contributed by atoms with Crippen LogP contribution >= 0.6 is 15.9 Å². The topological polar surface area (TPSA) is 61.4 Å². The van der Waals surface area contributed by atoms with E-state index in [9.17, 15) is 9.90 Å². The summed E-state index contributed by atoms with van der Waals surface area (Å²) in [5.74, 6) is 0.235. The van der Waals surface area contributed by atoms with Crippen LogP contribution in [0.1, 0.15) is 19.3 Å². The van der Waals surface area contributed by atoms with E-state index in [1.54, 1.807) is 18.2 Å². The van der Waals surface area contributed by atoms with Gasteiger partial charge in [-0.2, -0.15) is 0 Å². The number of carbonyl (C=O) groups excluding carboxylic acids is 1. The molecule has 1 aliphatic carbocycles. The number of rotatable bonds is 2. The molecular weight excluding hydrogens is 308 g/mol. The molecule has 0 aromatic heterocycles. The Morgan fingerprint density at radius 1 is 1.42 bits per heavy atom. The maximum atomic E-state index is 12.3. The van der Waals surface area contributed by atoms with Crippen molar-refractivity contribution in [1.29, 1.82) is 0 Å². The second kappa shape index (κ2) is 4.80. The summed E-state index contributed by atoms with van der Waals surface area (Å²) in [4.78, 5) is 12.3. The molecule has 3 rings (SSSR count). The highest BCUT2D eigenvalue weighted by molar-refractivity contribution is 9.10. The lowest BCUT2D eigenvalue weighted by Crippen LogP contribution is -2.31. The van der Waals surface area contributed by atoms with E-state index in [4.69, 9.17) is 0 Å². The van der Waals surface area contributed by atoms with Gasteiger partial charge in [0.25, 0.3) is 0 Å². The van der Waals surface area contributed by atoms with Crippen molar-refractivity contribution in [2.45, 2.75) is 19.3 Å². The number of phenols is 1. The van der Waals surface area contributed by atoms with Gasteiger partial charge in [-0.25, -0.2) is 0 Å². The zero-order valence-corrected chi connectivity index (χ0v) is 12.2. The number of piperidine rings is 1. The SMILES string of the molecule is O=C(Nc1cccc(Br)c1O)C1CC12CCNCC2. The van der Waals surface area contributed by atoms with Crippen molar-refractivity contribution in [3.8, 4) is 5.75 Å². The quantitative estimate of drug-likeness (QED) is 0.732. The van der Waals surface area contributed by atoms with Crippen LogP contribution in [-0.2, 0) is 4.79 Å². The lowest BCUT2D eigenvalue weighted by atomic mass is 9.92. The van der Waals surface area contributed by atoms with Crippen molar-refractivity contribution < 1.29 is 9.90 Å². The van der Waals surface area contributed by atoms with Crippen LogP contribution in [0.2, 0.25) is 0 Å². The first-order valence-corrected chi connectivity index (χ1v) is 7.41.